The molecule has 0 radical (unpaired) electrons. The topological polar surface area (TPSA) is 108 Å². The van der Waals surface area contributed by atoms with Crippen LogP contribution in [0.5, 0.6) is 5.75 Å². The van der Waals surface area contributed by atoms with Gasteiger partial charge in [-0.15, -0.1) is 0 Å². The summed E-state index contributed by atoms with van der Waals surface area (Å²) in [5, 5.41) is 13.9. The molecule has 1 N–H and O–H groups in total. The Kier molecular flexibility index (Phi) is 6.70. The van der Waals surface area contributed by atoms with Crippen LogP contribution in [0.2, 0.25) is 0 Å². The zero-order chi connectivity index (χ0) is 20.8. The first kappa shape index (κ1) is 20.9. The first-order valence-corrected chi connectivity index (χ1v) is 8.76. The Morgan fingerprint density at radius 1 is 1.14 bits per heavy atom. The van der Waals surface area contributed by atoms with Crippen molar-refractivity contribution in [1.29, 1.82) is 0 Å². The van der Waals surface area contributed by atoms with Gasteiger partial charge >= 0.3 is 5.97 Å². The van der Waals surface area contributed by atoms with E-state index in [-0.39, 0.29) is 29.5 Å². The number of nitro benzene ring substituents is 1. The van der Waals surface area contributed by atoms with Gasteiger partial charge in [-0.1, -0.05) is 0 Å². The Hall–Kier alpha value is -3.42. The lowest BCUT2D eigenvalue weighted by Crippen LogP contribution is -2.15. The van der Waals surface area contributed by atoms with E-state index in [1.165, 1.54) is 6.07 Å². The van der Waals surface area contributed by atoms with E-state index in [0.29, 0.717) is 11.4 Å². The molecule has 0 spiro atoms. The fraction of sp³-hybridized carbons (Fsp3) is 0.300. The molecule has 8 heteroatoms. The normalized spacial score (nSPS) is 10.5. The molecule has 0 saturated carbocycles. The standard InChI is InChI=1S/C20H22N2O6/c1-5-27-20(24)15-9-14(10-16(11-15)22(25)26)19(23)21-18-7-6-17(8-13(18)4)28-12(2)3/h6-12H,5H2,1-4H3,(H,21,23). The van der Waals surface area contributed by atoms with Crippen molar-refractivity contribution in [1.82, 2.24) is 0 Å². The van der Waals surface area contributed by atoms with Gasteiger partial charge in [0, 0.05) is 23.4 Å². The number of carbonyl (C=O) groups excluding carboxylic acids is 2. The lowest BCUT2D eigenvalue weighted by atomic mass is 10.1. The number of nitro groups is 1. The molecule has 0 aliphatic rings. The average molecular weight is 386 g/mol. The molecular weight excluding hydrogens is 364 g/mol. The molecule has 0 aliphatic heterocycles. The minimum Gasteiger partial charge on any atom is -0.491 e. The maximum atomic E-state index is 12.6. The van der Waals surface area contributed by atoms with Crippen LogP contribution in [0.4, 0.5) is 11.4 Å². The maximum Gasteiger partial charge on any atom is 0.338 e. The number of esters is 1. The van der Waals surface area contributed by atoms with Gasteiger partial charge in [0.25, 0.3) is 11.6 Å². The van der Waals surface area contributed by atoms with E-state index in [0.717, 1.165) is 17.7 Å². The van der Waals surface area contributed by atoms with Crippen molar-refractivity contribution < 1.29 is 24.0 Å². The smallest absolute Gasteiger partial charge is 0.338 e. The van der Waals surface area contributed by atoms with Crippen LogP contribution in [0, 0.1) is 17.0 Å². The van der Waals surface area contributed by atoms with Crippen molar-refractivity contribution >= 4 is 23.3 Å². The van der Waals surface area contributed by atoms with Crippen molar-refractivity contribution in [2.24, 2.45) is 0 Å². The van der Waals surface area contributed by atoms with Crippen LogP contribution in [0.3, 0.4) is 0 Å². The van der Waals surface area contributed by atoms with Gasteiger partial charge in [-0.2, -0.15) is 0 Å². The van der Waals surface area contributed by atoms with Crippen LogP contribution in [0.25, 0.3) is 0 Å². The van der Waals surface area contributed by atoms with Crippen molar-refractivity contribution in [3.05, 3.63) is 63.2 Å². The Morgan fingerprint density at radius 2 is 1.82 bits per heavy atom. The molecule has 2 aromatic carbocycles. The molecule has 0 aliphatic carbocycles. The van der Waals surface area contributed by atoms with Crippen LogP contribution in [0.15, 0.2) is 36.4 Å². The first-order valence-electron chi connectivity index (χ1n) is 8.76. The third-order valence-electron chi connectivity index (χ3n) is 3.72. The maximum absolute atomic E-state index is 12.6. The van der Waals surface area contributed by atoms with E-state index >= 15 is 0 Å². The number of anilines is 1. The molecule has 0 saturated heterocycles. The molecule has 0 aromatic heterocycles. The summed E-state index contributed by atoms with van der Waals surface area (Å²) < 4.78 is 10.5. The number of nitrogens with zero attached hydrogens (tertiary/aromatic N) is 1. The fourth-order valence-electron chi connectivity index (χ4n) is 2.50. The summed E-state index contributed by atoms with van der Waals surface area (Å²) in [6.45, 7) is 7.37. The molecule has 2 aromatic rings. The number of carbonyl (C=O) groups is 2. The molecule has 0 bridgehead atoms. The summed E-state index contributed by atoms with van der Waals surface area (Å²) in [5.41, 5.74) is 0.860. The van der Waals surface area contributed by atoms with Crippen LogP contribution >= 0.6 is 0 Å². The van der Waals surface area contributed by atoms with Crippen molar-refractivity contribution in [3.8, 4) is 5.75 Å². The third-order valence-corrected chi connectivity index (χ3v) is 3.72. The predicted molar refractivity (Wildman–Crippen MR) is 104 cm³/mol. The Labute approximate surface area is 162 Å². The van der Waals surface area contributed by atoms with E-state index < -0.39 is 16.8 Å². The molecule has 148 valence electrons. The van der Waals surface area contributed by atoms with Crippen LogP contribution < -0.4 is 10.1 Å². The number of hydrogen-bond donors (Lipinski definition) is 1. The van der Waals surface area contributed by atoms with Crippen molar-refractivity contribution in [3.63, 3.8) is 0 Å². The molecule has 0 unspecified atom stereocenters. The number of non-ortho nitro benzene ring substituents is 1. The van der Waals surface area contributed by atoms with Crippen LogP contribution in [-0.2, 0) is 4.74 Å². The molecule has 0 heterocycles. The van der Waals surface area contributed by atoms with E-state index in [9.17, 15) is 19.7 Å². The van der Waals surface area contributed by atoms with Gasteiger partial charge in [-0.3, -0.25) is 14.9 Å². The Bertz CT molecular complexity index is 908. The minimum atomic E-state index is -0.730. The average Bonchev–Trinajstić information content (AvgIpc) is 2.63. The van der Waals surface area contributed by atoms with Gasteiger partial charge < -0.3 is 14.8 Å². The third kappa shape index (κ3) is 5.29. The number of amides is 1. The predicted octanol–water partition coefficient (Wildman–Crippen LogP) is 4.12. The lowest BCUT2D eigenvalue weighted by Gasteiger charge is -2.13. The van der Waals surface area contributed by atoms with Crippen molar-refractivity contribution in [2.75, 3.05) is 11.9 Å². The van der Waals surface area contributed by atoms with Gasteiger partial charge in [0.1, 0.15) is 5.75 Å². The highest BCUT2D eigenvalue weighted by atomic mass is 16.6. The second-order valence-corrected chi connectivity index (χ2v) is 6.34. The molecule has 0 fully saturated rings. The largest absolute Gasteiger partial charge is 0.491 e. The summed E-state index contributed by atoms with van der Waals surface area (Å²) >= 11 is 0. The SMILES string of the molecule is CCOC(=O)c1cc(C(=O)Nc2ccc(OC(C)C)cc2C)cc([N+](=O)[O-])c1. The highest BCUT2D eigenvalue weighted by Crippen LogP contribution is 2.24. The quantitative estimate of drug-likeness (QED) is 0.436. The van der Waals surface area contributed by atoms with Gasteiger partial charge in [-0.05, 0) is 57.5 Å². The van der Waals surface area contributed by atoms with Gasteiger partial charge in [0.2, 0.25) is 0 Å². The lowest BCUT2D eigenvalue weighted by molar-refractivity contribution is -0.384. The molecule has 8 nitrogen and oxygen atoms in total. The molecule has 28 heavy (non-hydrogen) atoms. The second-order valence-electron chi connectivity index (χ2n) is 6.34. The number of rotatable bonds is 7. The molecule has 1 amide bonds. The second kappa shape index (κ2) is 8.98. The van der Waals surface area contributed by atoms with Gasteiger partial charge in [0.15, 0.2) is 0 Å². The summed E-state index contributed by atoms with van der Waals surface area (Å²) in [6.07, 6.45) is 0.0195. The Morgan fingerprint density at radius 3 is 2.39 bits per heavy atom. The number of benzene rings is 2. The Balaban J connectivity index is 2.30. The van der Waals surface area contributed by atoms with E-state index in [1.54, 1.807) is 32.0 Å². The zero-order valence-electron chi connectivity index (χ0n) is 16.1. The summed E-state index contributed by atoms with van der Waals surface area (Å²) in [5.74, 6) is -0.632. The summed E-state index contributed by atoms with van der Waals surface area (Å²) in [4.78, 5) is 35.1. The van der Waals surface area contributed by atoms with E-state index in [1.807, 2.05) is 13.8 Å². The van der Waals surface area contributed by atoms with E-state index in [2.05, 4.69) is 5.32 Å². The fourth-order valence-corrected chi connectivity index (χ4v) is 2.50. The highest BCUT2D eigenvalue weighted by molar-refractivity contribution is 6.06. The molecule has 0 atom stereocenters. The number of aryl methyl sites for hydroxylation is 1. The van der Waals surface area contributed by atoms with Crippen LogP contribution in [0.1, 0.15) is 47.1 Å². The number of nitrogens with one attached hydrogen (secondary N) is 1. The monoisotopic (exact) mass is 386 g/mol. The summed E-state index contributed by atoms with van der Waals surface area (Å²) in [7, 11) is 0. The number of hydrogen-bond acceptors (Lipinski definition) is 6. The highest BCUT2D eigenvalue weighted by Gasteiger charge is 2.19. The van der Waals surface area contributed by atoms with Crippen molar-refractivity contribution in [2.45, 2.75) is 33.8 Å². The molecule has 2 rings (SSSR count). The first-order chi connectivity index (χ1) is 13.2. The minimum absolute atomic E-state index is 0.0147. The van der Waals surface area contributed by atoms with Gasteiger partial charge in [0.05, 0.1) is 23.2 Å². The zero-order valence-corrected chi connectivity index (χ0v) is 16.1. The summed E-state index contributed by atoms with van der Waals surface area (Å²) in [6, 6.07) is 8.66. The number of ether oxygens (including phenoxy) is 2. The molecular formula is C20H22N2O6. The van der Waals surface area contributed by atoms with E-state index in [4.69, 9.17) is 9.47 Å². The van der Waals surface area contributed by atoms with Crippen LogP contribution in [-0.4, -0.2) is 29.5 Å². The van der Waals surface area contributed by atoms with Gasteiger partial charge in [-0.25, -0.2) is 4.79 Å².